The Labute approximate surface area is 373 Å². The molecule has 0 N–H and O–H groups in total. The van der Waals surface area contributed by atoms with Crippen molar-refractivity contribution in [2.24, 2.45) is 0 Å². The molecule has 0 unspecified atom stereocenters. The van der Waals surface area contributed by atoms with Crippen molar-refractivity contribution in [2.75, 3.05) is 4.90 Å². The fourth-order valence-electron chi connectivity index (χ4n) is 10.1. The molecule has 0 saturated heterocycles. The Hall–Kier alpha value is -8.67. The number of anilines is 3. The van der Waals surface area contributed by atoms with Crippen LogP contribution in [0.1, 0.15) is 0 Å². The van der Waals surface area contributed by atoms with Gasteiger partial charge in [-0.1, -0.05) is 140 Å². The summed E-state index contributed by atoms with van der Waals surface area (Å²) in [6.45, 7) is 0. The molecule has 0 amide bonds. The van der Waals surface area contributed by atoms with E-state index in [-0.39, 0.29) is 5.82 Å². The third-order valence-corrected chi connectivity index (χ3v) is 13.0. The summed E-state index contributed by atoms with van der Waals surface area (Å²) in [7, 11) is 0. The van der Waals surface area contributed by atoms with Crippen molar-refractivity contribution in [3.63, 3.8) is 0 Å². The fourth-order valence-corrected chi connectivity index (χ4v) is 10.1. The maximum Gasteiger partial charge on any atom is 0.143 e. The lowest BCUT2D eigenvalue weighted by molar-refractivity contribution is 0.629. The zero-order chi connectivity index (χ0) is 43.0. The second-order valence-corrected chi connectivity index (χ2v) is 16.6. The number of rotatable bonds is 7. The topological polar surface area (TPSA) is 26.2 Å². The molecular weight excluding hydrogens is 798 g/mol. The lowest BCUT2D eigenvalue weighted by atomic mass is 10.0. The summed E-state index contributed by atoms with van der Waals surface area (Å²) >= 11 is 0. The number of aromatic nitrogens is 2. The van der Waals surface area contributed by atoms with Gasteiger partial charge in [0.2, 0.25) is 0 Å². The van der Waals surface area contributed by atoms with Crippen molar-refractivity contribution < 1.29 is 8.81 Å². The van der Waals surface area contributed by atoms with Crippen LogP contribution in [0.25, 0.3) is 99.2 Å². The van der Waals surface area contributed by atoms with Crippen LogP contribution in [-0.4, -0.2) is 9.13 Å². The van der Waals surface area contributed by atoms with Crippen molar-refractivity contribution in [2.45, 2.75) is 0 Å². The number of halogens is 1. The molecule has 306 valence electrons. The van der Waals surface area contributed by atoms with Gasteiger partial charge in [-0.05, 0) is 102 Å². The number of hydrogen-bond acceptors (Lipinski definition) is 2. The smallest absolute Gasteiger partial charge is 0.143 e. The van der Waals surface area contributed by atoms with Gasteiger partial charge in [-0.25, -0.2) is 4.39 Å². The van der Waals surface area contributed by atoms with Crippen molar-refractivity contribution in [1.82, 2.24) is 9.13 Å². The van der Waals surface area contributed by atoms with Gasteiger partial charge in [0.25, 0.3) is 0 Å². The van der Waals surface area contributed by atoms with Gasteiger partial charge < -0.3 is 18.5 Å². The van der Waals surface area contributed by atoms with Crippen LogP contribution in [0.4, 0.5) is 21.5 Å². The first-order chi connectivity index (χ1) is 32.2. The minimum atomic E-state index is -0.259. The Morgan fingerprint density at radius 2 is 0.954 bits per heavy atom. The molecule has 0 radical (unpaired) electrons. The zero-order valence-corrected chi connectivity index (χ0v) is 35.1. The van der Waals surface area contributed by atoms with E-state index in [0.717, 1.165) is 111 Å². The first kappa shape index (κ1) is 36.9. The molecule has 3 heterocycles. The van der Waals surface area contributed by atoms with Crippen molar-refractivity contribution in [3.8, 4) is 33.6 Å². The number of benzene rings is 10. The monoisotopic (exact) mass is 835 g/mol. The molecule has 13 rings (SSSR count). The van der Waals surface area contributed by atoms with Crippen LogP contribution in [0, 0.1) is 5.82 Å². The van der Waals surface area contributed by atoms with Crippen LogP contribution in [0.15, 0.2) is 235 Å². The van der Waals surface area contributed by atoms with Crippen LogP contribution in [0.3, 0.4) is 0 Å². The van der Waals surface area contributed by atoms with E-state index in [0.29, 0.717) is 0 Å². The number of hydrogen-bond donors (Lipinski definition) is 0. The molecule has 0 fully saturated rings. The minimum Gasteiger partial charge on any atom is -0.455 e. The van der Waals surface area contributed by atoms with E-state index in [2.05, 4.69) is 202 Å². The largest absolute Gasteiger partial charge is 0.455 e. The van der Waals surface area contributed by atoms with Crippen molar-refractivity contribution in [3.05, 3.63) is 236 Å². The molecule has 0 saturated carbocycles. The second-order valence-electron chi connectivity index (χ2n) is 16.6. The highest BCUT2D eigenvalue weighted by atomic mass is 19.1. The molecule has 3 aromatic heterocycles. The highest BCUT2D eigenvalue weighted by molar-refractivity contribution is 6.17. The predicted octanol–water partition coefficient (Wildman–Crippen LogP) is 16.7. The van der Waals surface area contributed by atoms with Gasteiger partial charge in [-0.15, -0.1) is 0 Å². The number of para-hydroxylation sites is 6. The van der Waals surface area contributed by atoms with Crippen LogP contribution in [0.2, 0.25) is 0 Å². The van der Waals surface area contributed by atoms with E-state index in [9.17, 15) is 4.39 Å². The van der Waals surface area contributed by atoms with Gasteiger partial charge >= 0.3 is 0 Å². The Bertz CT molecular complexity index is 3950. The van der Waals surface area contributed by atoms with Gasteiger partial charge in [0, 0.05) is 60.5 Å². The quantitative estimate of drug-likeness (QED) is 0.160. The zero-order valence-electron chi connectivity index (χ0n) is 35.1. The Morgan fingerprint density at radius 3 is 1.74 bits per heavy atom. The van der Waals surface area contributed by atoms with Crippen molar-refractivity contribution in [1.29, 1.82) is 0 Å². The van der Waals surface area contributed by atoms with E-state index in [1.807, 2.05) is 30.3 Å². The summed E-state index contributed by atoms with van der Waals surface area (Å²) in [4.78, 5) is 2.38. The summed E-state index contributed by atoms with van der Waals surface area (Å²) < 4.78 is 26.0. The van der Waals surface area contributed by atoms with E-state index < -0.39 is 0 Å². The summed E-state index contributed by atoms with van der Waals surface area (Å²) in [5.74, 6) is -0.259. The molecule has 0 aliphatic carbocycles. The maximum atomic E-state index is 14.9. The fraction of sp³-hybridized carbons (Fsp3) is 0. The van der Waals surface area contributed by atoms with E-state index in [1.54, 1.807) is 12.1 Å². The van der Waals surface area contributed by atoms with E-state index >= 15 is 0 Å². The predicted molar refractivity (Wildman–Crippen MR) is 268 cm³/mol. The van der Waals surface area contributed by atoms with Gasteiger partial charge in [-0.2, -0.15) is 0 Å². The molecule has 4 nitrogen and oxygen atoms in total. The summed E-state index contributed by atoms with van der Waals surface area (Å²) in [5, 5.41) is 6.67. The SMILES string of the molecule is Fc1ccc2c3ccccc3n(-c3ccccc3-c3ccc(N(c4ccc(-c5cccc6c5oc5ccccc56)cc4)c4cccc5c4c4ccccc4n5-c4ccccc4)cc3)c2c1. The standard InChI is InChI=1S/C60H38FN3O/c61-41-32-37-48-47-17-5-9-23-53(47)64(57(48)38-41)52-22-8-4-16-45(52)39-28-33-43(34-29-39)62(44-35-30-40(31-36-44)46-20-12-21-50-49-18-7-11-27-58(49)65-60(46)50)55-25-13-26-56-59(55)51-19-6-10-24-54(51)63(56)42-14-2-1-3-15-42/h1-38H. The minimum absolute atomic E-state index is 0.259. The van der Waals surface area contributed by atoms with Crippen LogP contribution in [0.5, 0.6) is 0 Å². The first-order valence-corrected chi connectivity index (χ1v) is 21.9. The maximum absolute atomic E-state index is 14.9. The highest BCUT2D eigenvalue weighted by Gasteiger charge is 2.23. The third-order valence-electron chi connectivity index (χ3n) is 13.0. The molecular formula is C60H38FN3O. The molecule has 0 aliphatic heterocycles. The van der Waals surface area contributed by atoms with E-state index in [4.69, 9.17) is 4.42 Å². The Balaban J connectivity index is 0.989. The third kappa shape index (κ3) is 5.83. The highest BCUT2D eigenvalue weighted by Crippen LogP contribution is 2.46. The number of nitrogens with zero attached hydrogens (tertiary/aromatic N) is 3. The Kier molecular flexibility index (Phi) is 8.36. The molecule has 10 aromatic carbocycles. The van der Waals surface area contributed by atoms with Crippen LogP contribution >= 0.6 is 0 Å². The van der Waals surface area contributed by atoms with Gasteiger partial charge in [0.1, 0.15) is 17.0 Å². The molecule has 0 aliphatic rings. The average molecular weight is 836 g/mol. The Morgan fingerprint density at radius 1 is 0.385 bits per heavy atom. The molecule has 13 aromatic rings. The van der Waals surface area contributed by atoms with Crippen molar-refractivity contribution >= 4 is 82.6 Å². The van der Waals surface area contributed by atoms with Gasteiger partial charge in [0.15, 0.2) is 0 Å². The molecule has 0 bridgehead atoms. The summed E-state index contributed by atoms with van der Waals surface area (Å²) in [6.07, 6.45) is 0. The molecule has 0 atom stereocenters. The van der Waals surface area contributed by atoms with Gasteiger partial charge in [-0.3, -0.25) is 0 Å². The van der Waals surface area contributed by atoms with Crippen LogP contribution in [-0.2, 0) is 0 Å². The molecule has 5 heteroatoms. The summed E-state index contributed by atoms with van der Waals surface area (Å²) in [6, 6.07) is 80.0. The van der Waals surface area contributed by atoms with E-state index in [1.165, 1.54) is 5.39 Å². The lowest BCUT2D eigenvalue weighted by Gasteiger charge is -2.27. The second kappa shape index (κ2) is 14.7. The van der Waals surface area contributed by atoms with Crippen LogP contribution < -0.4 is 4.90 Å². The first-order valence-electron chi connectivity index (χ1n) is 21.9. The number of furan rings is 1. The average Bonchev–Trinajstić information content (AvgIpc) is 4.03. The molecule has 65 heavy (non-hydrogen) atoms. The molecule has 0 spiro atoms. The lowest BCUT2D eigenvalue weighted by Crippen LogP contribution is -2.10. The number of fused-ring (bicyclic) bond motifs is 9. The summed E-state index contributed by atoms with van der Waals surface area (Å²) in [5.41, 5.74) is 15.4. The normalized spacial score (nSPS) is 11.8. The van der Waals surface area contributed by atoms with Gasteiger partial charge in [0.05, 0.1) is 33.4 Å².